The number of hydrogen-bond acceptors (Lipinski definition) is 8. The number of carbonyl (C=O) groups is 2. The van der Waals surface area contributed by atoms with Crippen molar-refractivity contribution in [2.24, 2.45) is 0 Å². The summed E-state index contributed by atoms with van der Waals surface area (Å²) in [5.41, 5.74) is 2.21. The van der Waals surface area contributed by atoms with Crippen molar-refractivity contribution in [3.8, 4) is 11.3 Å². The third kappa shape index (κ3) is 6.37. The quantitative estimate of drug-likeness (QED) is 0.0764. The molecule has 3 N–H and O–H groups in total. The van der Waals surface area contributed by atoms with E-state index in [-0.39, 0.29) is 28.3 Å². The van der Waals surface area contributed by atoms with Crippen LogP contribution in [0.25, 0.3) is 17.3 Å². The van der Waals surface area contributed by atoms with Crippen LogP contribution in [-0.2, 0) is 9.53 Å². The van der Waals surface area contributed by atoms with Crippen molar-refractivity contribution in [2.45, 2.75) is 6.92 Å². The molecule has 0 aliphatic rings. The van der Waals surface area contributed by atoms with E-state index in [1.54, 1.807) is 43.3 Å². The van der Waals surface area contributed by atoms with Gasteiger partial charge in [0.15, 0.2) is 5.13 Å². The molecule has 0 radical (unpaired) electrons. The average molecular weight is 516 g/mol. The molecule has 1 aromatic heterocycles. The van der Waals surface area contributed by atoms with Gasteiger partial charge >= 0.3 is 13.1 Å². The highest BCUT2D eigenvalue weighted by Gasteiger charge is 2.27. The number of anilines is 2. The normalized spacial score (nSPS) is 11.2. The third-order valence-electron chi connectivity index (χ3n) is 5.26. The SMILES string of the molecule is CCOC(=O)/C(=C\c1ccc(B(O)O)cc1)C(=O)c1sc(Nc2ccc(F)cc2)nc1-c1ccccc1. The van der Waals surface area contributed by atoms with Crippen molar-refractivity contribution in [3.63, 3.8) is 0 Å². The first-order valence-corrected chi connectivity index (χ1v) is 12.2. The Kier molecular flexibility index (Phi) is 8.24. The highest BCUT2D eigenvalue weighted by molar-refractivity contribution is 7.18. The number of hydrogen-bond donors (Lipinski definition) is 3. The van der Waals surface area contributed by atoms with Crippen LogP contribution < -0.4 is 10.8 Å². The van der Waals surface area contributed by atoms with Gasteiger partial charge in [0, 0.05) is 11.3 Å². The van der Waals surface area contributed by atoms with E-state index in [0.717, 1.165) is 11.3 Å². The maximum atomic E-state index is 13.8. The second-order valence-corrected chi connectivity index (χ2v) is 8.84. The first-order valence-electron chi connectivity index (χ1n) is 11.3. The van der Waals surface area contributed by atoms with Crippen LogP contribution in [0.3, 0.4) is 0 Å². The van der Waals surface area contributed by atoms with Gasteiger partial charge < -0.3 is 20.1 Å². The predicted molar refractivity (Wildman–Crippen MR) is 142 cm³/mol. The van der Waals surface area contributed by atoms with Crippen LogP contribution in [0.4, 0.5) is 15.2 Å². The Morgan fingerprint density at radius 1 is 1.03 bits per heavy atom. The molecule has 37 heavy (non-hydrogen) atoms. The standard InChI is InChI=1S/C27H22BFN2O5S/c1-2-36-26(33)22(16-17-8-10-19(11-9-17)28(34)35)24(32)25-23(18-6-4-3-5-7-18)31-27(37-25)30-21-14-12-20(29)13-15-21/h3-16,34-35H,2H2,1H3,(H,30,31)/b22-16-. The van der Waals surface area contributed by atoms with Gasteiger partial charge in [-0.2, -0.15) is 0 Å². The second-order valence-electron chi connectivity index (χ2n) is 7.84. The monoisotopic (exact) mass is 516 g/mol. The average Bonchev–Trinajstić information content (AvgIpc) is 3.33. The number of ether oxygens (including phenoxy) is 1. The fraction of sp³-hybridized carbons (Fsp3) is 0.0741. The Bertz CT molecular complexity index is 1420. The lowest BCUT2D eigenvalue weighted by molar-refractivity contribution is -0.137. The molecule has 0 saturated heterocycles. The minimum atomic E-state index is -1.64. The van der Waals surface area contributed by atoms with E-state index in [1.807, 2.05) is 18.2 Å². The first kappa shape index (κ1) is 26.0. The number of esters is 1. The molecule has 186 valence electrons. The number of aromatic nitrogens is 1. The summed E-state index contributed by atoms with van der Waals surface area (Å²) < 4.78 is 18.5. The number of carbonyl (C=O) groups excluding carboxylic acids is 2. The van der Waals surface area contributed by atoms with Gasteiger partial charge in [0.25, 0.3) is 0 Å². The van der Waals surface area contributed by atoms with E-state index < -0.39 is 18.9 Å². The molecule has 0 saturated carbocycles. The van der Waals surface area contributed by atoms with E-state index in [9.17, 15) is 24.0 Å². The molecule has 0 aliphatic heterocycles. The van der Waals surface area contributed by atoms with Crippen LogP contribution >= 0.6 is 11.3 Å². The van der Waals surface area contributed by atoms with Gasteiger partial charge in [0.2, 0.25) is 5.78 Å². The summed E-state index contributed by atoms with van der Waals surface area (Å²) in [7, 11) is -1.64. The number of benzene rings is 3. The fourth-order valence-electron chi connectivity index (χ4n) is 3.46. The van der Waals surface area contributed by atoms with Crippen molar-refractivity contribution < 1.29 is 28.8 Å². The fourth-order valence-corrected chi connectivity index (χ4v) is 4.42. The van der Waals surface area contributed by atoms with Crippen LogP contribution in [0.5, 0.6) is 0 Å². The van der Waals surface area contributed by atoms with Crippen molar-refractivity contribution >= 4 is 52.6 Å². The maximum Gasteiger partial charge on any atom is 0.488 e. The third-order valence-corrected chi connectivity index (χ3v) is 6.23. The molecule has 0 unspecified atom stereocenters. The van der Waals surface area contributed by atoms with Crippen LogP contribution in [0.15, 0.2) is 84.4 Å². The zero-order valence-electron chi connectivity index (χ0n) is 19.7. The molecular formula is C27H22BFN2O5S. The lowest BCUT2D eigenvalue weighted by Crippen LogP contribution is -2.29. The van der Waals surface area contributed by atoms with Gasteiger partial charge in [-0.25, -0.2) is 14.2 Å². The van der Waals surface area contributed by atoms with Crippen LogP contribution in [0.1, 0.15) is 22.2 Å². The molecule has 0 amide bonds. The number of halogens is 1. The predicted octanol–water partition coefficient (Wildman–Crippen LogP) is 4.20. The first-order chi connectivity index (χ1) is 17.9. The molecule has 7 nitrogen and oxygen atoms in total. The summed E-state index contributed by atoms with van der Waals surface area (Å²) in [5, 5.41) is 22.1. The van der Waals surface area contributed by atoms with Crippen LogP contribution in [-0.4, -0.2) is 40.5 Å². The Morgan fingerprint density at radius 3 is 2.32 bits per heavy atom. The maximum absolute atomic E-state index is 13.8. The molecule has 1 heterocycles. The number of nitrogens with one attached hydrogen (secondary N) is 1. The van der Waals surface area contributed by atoms with E-state index in [0.29, 0.717) is 27.6 Å². The zero-order valence-corrected chi connectivity index (χ0v) is 20.5. The second kappa shape index (κ2) is 11.7. The summed E-state index contributed by atoms with van der Waals surface area (Å²) in [6.07, 6.45) is 1.40. The Morgan fingerprint density at radius 2 is 1.70 bits per heavy atom. The minimum absolute atomic E-state index is 0.0741. The highest BCUT2D eigenvalue weighted by Crippen LogP contribution is 2.35. The van der Waals surface area contributed by atoms with Gasteiger partial charge in [-0.1, -0.05) is 65.9 Å². The van der Waals surface area contributed by atoms with Gasteiger partial charge in [-0.15, -0.1) is 0 Å². The highest BCUT2D eigenvalue weighted by atomic mass is 32.1. The molecule has 4 rings (SSSR count). The number of ketones is 1. The summed E-state index contributed by atoms with van der Waals surface area (Å²) in [6.45, 7) is 1.72. The molecule has 10 heteroatoms. The number of rotatable bonds is 9. The van der Waals surface area contributed by atoms with Crippen LogP contribution in [0.2, 0.25) is 0 Å². The zero-order chi connectivity index (χ0) is 26.4. The molecule has 0 atom stereocenters. The minimum Gasteiger partial charge on any atom is -0.462 e. The van der Waals surface area contributed by atoms with Gasteiger partial charge in [-0.3, -0.25) is 4.79 Å². The number of thiazole rings is 1. The van der Waals surface area contributed by atoms with Crippen LogP contribution in [0, 0.1) is 5.82 Å². The summed E-state index contributed by atoms with van der Waals surface area (Å²) in [4.78, 5) is 31.5. The van der Waals surface area contributed by atoms with E-state index in [2.05, 4.69) is 10.3 Å². The molecule has 0 bridgehead atoms. The van der Waals surface area contributed by atoms with Gasteiger partial charge in [0.05, 0.1) is 12.3 Å². The number of Topliss-reactive ketones (excluding diaryl/α,β-unsaturated/α-hetero) is 1. The van der Waals surface area contributed by atoms with Gasteiger partial charge in [0.1, 0.15) is 16.3 Å². The number of nitrogens with zero attached hydrogens (tertiary/aromatic N) is 1. The Labute approximate surface area is 217 Å². The molecule has 0 spiro atoms. The molecule has 0 aliphatic carbocycles. The smallest absolute Gasteiger partial charge is 0.462 e. The summed E-state index contributed by atoms with van der Waals surface area (Å²) in [5.74, 6) is -1.75. The van der Waals surface area contributed by atoms with Crippen molar-refractivity contribution in [1.29, 1.82) is 0 Å². The Balaban J connectivity index is 1.77. The largest absolute Gasteiger partial charge is 0.488 e. The molecule has 0 fully saturated rings. The molecular weight excluding hydrogens is 494 g/mol. The molecule has 4 aromatic rings. The van der Waals surface area contributed by atoms with E-state index >= 15 is 0 Å². The topological polar surface area (TPSA) is 109 Å². The van der Waals surface area contributed by atoms with Gasteiger partial charge in [-0.05, 0) is 48.3 Å². The van der Waals surface area contributed by atoms with Crippen molar-refractivity contribution in [3.05, 3.63) is 101 Å². The molecule has 3 aromatic carbocycles. The summed E-state index contributed by atoms with van der Waals surface area (Å²) in [6, 6.07) is 20.9. The Hall–Kier alpha value is -4.12. The van der Waals surface area contributed by atoms with E-state index in [1.165, 1.54) is 30.3 Å². The lowest BCUT2D eigenvalue weighted by atomic mass is 9.80. The van der Waals surface area contributed by atoms with Crippen molar-refractivity contribution in [2.75, 3.05) is 11.9 Å². The van der Waals surface area contributed by atoms with E-state index in [4.69, 9.17) is 4.74 Å². The van der Waals surface area contributed by atoms with Crippen molar-refractivity contribution in [1.82, 2.24) is 4.98 Å². The lowest BCUT2D eigenvalue weighted by Gasteiger charge is -2.07. The summed E-state index contributed by atoms with van der Waals surface area (Å²) >= 11 is 1.06.